The molecule has 0 aliphatic carbocycles. The molecule has 0 aliphatic heterocycles. The van der Waals surface area contributed by atoms with Crippen LogP contribution >= 0.6 is 0 Å². The molecule has 2 unspecified atom stereocenters. The molecule has 0 saturated heterocycles. The quantitative estimate of drug-likeness (QED) is 0.463. The number of allylic oxidation sites excluding steroid dienone is 3. The van der Waals surface area contributed by atoms with E-state index in [2.05, 4.69) is 27.4 Å². The van der Waals surface area contributed by atoms with E-state index in [1.807, 2.05) is 52.8 Å². The summed E-state index contributed by atoms with van der Waals surface area (Å²) in [7, 11) is 0. The molecular formula is C22H39NO3. The van der Waals surface area contributed by atoms with E-state index in [9.17, 15) is 4.79 Å². The molecule has 0 bridgehead atoms. The SMILES string of the molecule is C=CC=CC(=CC)C(C)N(CC(CC)OCC(C)C)C(=O)OC(C)(C)C. The lowest BCUT2D eigenvalue weighted by molar-refractivity contribution is -0.0144. The summed E-state index contributed by atoms with van der Waals surface area (Å²) in [5, 5.41) is 0. The van der Waals surface area contributed by atoms with Crippen LogP contribution in [0.25, 0.3) is 0 Å². The zero-order valence-corrected chi connectivity index (χ0v) is 18.0. The van der Waals surface area contributed by atoms with Crippen molar-refractivity contribution in [2.24, 2.45) is 5.92 Å². The predicted molar refractivity (Wildman–Crippen MR) is 110 cm³/mol. The number of carbonyl (C=O) groups excluding carboxylic acids is 1. The van der Waals surface area contributed by atoms with Gasteiger partial charge in [-0.25, -0.2) is 4.79 Å². The number of ether oxygens (including phenoxy) is 2. The Bertz CT molecular complexity index is 486. The molecule has 0 spiro atoms. The summed E-state index contributed by atoms with van der Waals surface area (Å²) < 4.78 is 11.7. The summed E-state index contributed by atoms with van der Waals surface area (Å²) >= 11 is 0. The smallest absolute Gasteiger partial charge is 0.410 e. The van der Waals surface area contributed by atoms with Gasteiger partial charge in [-0.3, -0.25) is 4.90 Å². The van der Waals surface area contributed by atoms with Gasteiger partial charge in [-0.2, -0.15) is 0 Å². The van der Waals surface area contributed by atoms with Crippen LogP contribution in [-0.4, -0.2) is 41.9 Å². The molecule has 0 fully saturated rings. The molecule has 0 aromatic rings. The first-order valence-corrected chi connectivity index (χ1v) is 9.62. The largest absolute Gasteiger partial charge is 0.444 e. The summed E-state index contributed by atoms with van der Waals surface area (Å²) in [5.41, 5.74) is 0.497. The number of nitrogens with zero attached hydrogens (tertiary/aromatic N) is 1. The van der Waals surface area contributed by atoms with Gasteiger partial charge in [0.2, 0.25) is 0 Å². The number of rotatable bonds is 10. The van der Waals surface area contributed by atoms with Crippen LogP contribution in [0.15, 0.2) is 36.5 Å². The van der Waals surface area contributed by atoms with Crippen molar-refractivity contribution in [1.29, 1.82) is 0 Å². The minimum absolute atomic E-state index is 0.0196. The number of hydrogen-bond acceptors (Lipinski definition) is 3. The molecule has 0 heterocycles. The van der Waals surface area contributed by atoms with Crippen molar-refractivity contribution >= 4 is 6.09 Å². The second kappa shape index (κ2) is 11.9. The third-order valence-corrected chi connectivity index (χ3v) is 3.86. The summed E-state index contributed by atoms with van der Waals surface area (Å²) in [6.45, 7) is 20.9. The molecule has 0 aliphatic rings. The Morgan fingerprint density at radius 3 is 2.27 bits per heavy atom. The molecular weight excluding hydrogens is 326 g/mol. The maximum Gasteiger partial charge on any atom is 0.410 e. The molecule has 4 heteroatoms. The third-order valence-electron chi connectivity index (χ3n) is 3.86. The molecule has 4 nitrogen and oxygen atoms in total. The van der Waals surface area contributed by atoms with Crippen molar-refractivity contribution in [2.45, 2.75) is 79.6 Å². The highest BCUT2D eigenvalue weighted by molar-refractivity contribution is 5.69. The molecule has 150 valence electrons. The Morgan fingerprint density at radius 1 is 1.23 bits per heavy atom. The van der Waals surface area contributed by atoms with Gasteiger partial charge in [-0.15, -0.1) is 0 Å². The molecule has 26 heavy (non-hydrogen) atoms. The lowest BCUT2D eigenvalue weighted by Crippen LogP contribution is -2.47. The highest BCUT2D eigenvalue weighted by Crippen LogP contribution is 2.19. The standard InChI is InChI=1S/C22H39NO3/c1-10-13-14-19(11-2)18(6)23(21(24)26-22(7,8)9)15-20(12-3)25-16-17(4)5/h10-11,13-14,17-18,20H,1,12,15-16H2,2-9H3. The molecule has 0 N–H and O–H groups in total. The van der Waals surface area contributed by atoms with Crippen LogP contribution in [-0.2, 0) is 9.47 Å². The first-order chi connectivity index (χ1) is 12.1. The van der Waals surface area contributed by atoms with Crippen LogP contribution in [0.2, 0.25) is 0 Å². The summed E-state index contributed by atoms with van der Waals surface area (Å²) in [5.74, 6) is 0.457. The van der Waals surface area contributed by atoms with E-state index in [0.717, 1.165) is 12.0 Å². The van der Waals surface area contributed by atoms with Gasteiger partial charge in [0.15, 0.2) is 0 Å². The Morgan fingerprint density at radius 2 is 1.85 bits per heavy atom. The maximum absolute atomic E-state index is 12.9. The van der Waals surface area contributed by atoms with E-state index in [0.29, 0.717) is 19.1 Å². The molecule has 2 atom stereocenters. The fourth-order valence-corrected chi connectivity index (χ4v) is 2.39. The average molecular weight is 366 g/mol. The van der Waals surface area contributed by atoms with Crippen LogP contribution in [0.1, 0.15) is 61.8 Å². The fourth-order valence-electron chi connectivity index (χ4n) is 2.39. The summed E-state index contributed by atoms with van der Waals surface area (Å²) in [4.78, 5) is 14.6. The number of carbonyl (C=O) groups is 1. The summed E-state index contributed by atoms with van der Waals surface area (Å²) in [6, 6.07) is -0.122. The van der Waals surface area contributed by atoms with Crippen LogP contribution in [0.3, 0.4) is 0 Å². The normalized spacial score (nSPS) is 15.2. The molecule has 0 rings (SSSR count). The highest BCUT2D eigenvalue weighted by atomic mass is 16.6. The molecule has 1 amide bonds. The second-order valence-electron chi connectivity index (χ2n) is 7.95. The molecule has 0 saturated carbocycles. The van der Waals surface area contributed by atoms with Gasteiger partial charge in [0.25, 0.3) is 0 Å². The molecule has 0 aromatic carbocycles. The second-order valence-corrected chi connectivity index (χ2v) is 7.95. The Labute approximate surface area is 160 Å². The first-order valence-electron chi connectivity index (χ1n) is 9.62. The lowest BCUT2D eigenvalue weighted by atomic mass is 10.1. The Balaban J connectivity index is 5.48. The molecule has 0 aromatic heterocycles. The maximum atomic E-state index is 12.9. The number of hydrogen-bond donors (Lipinski definition) is 0. The average Bonchev–Trinajstić information content (AvgIpc) is 2.53. The van der Waals surface area contributed by atoms with Crippen LogP contribution in [0.4, 0.5) is 4.79 Å². The Kier molecular flexibility index (Phi) is 11.2. The van der Waals surface area contributed by atoms with Gasteiger partial charge in [-0.05, 0) is 52.5 Å². The van der Waals surface area contributed by atoms with E-state index in [1.165, 1.54) is 0 Å². The van der Waals surface area contributed by atoms with Gasteiger partial charge in [0.05, 0.1) is 18.7 Å². The third kappa shape index (κ3) is 9.81. The minimum Gasteiger partial charge on any atom is -0.444 e. The van der Waals surface area contributed by atoms with Gasteiger partial charge in [0, 0.05) is 6.61 Å². The van der Waals surface area contributed by atoms with Gasteiger partial charge in [0.1, 0.15) is 5.60 Å². The number of amides is 1. The van der Waals surface area contributed by atoms with Crippen molar-refractivity contribution < 1.29 is 14.3 Å². The van der Waals surface area contributed by atoms with Gasteiger partial charge < -0.3 is 9.47 Å². The Hall–Kier alpha value is -1.55. The van der Waals surface area contributed by atoms with Gasteiger partial charge in [-0.1, -0.05) is 51.7 Å². The monoisotopic (exact) mass is 365 g/mol. The summed E-state index contributed by atoms with van der Waals surface area (Å²) in [6.07, 6.45) is 8.10. The predicted octanol–water partition coefficient (Wildman–Crippen LogP) is 5.75. The van der Waals surface area contributed by atoms with E-state index >= 15 is 0 Å². The first kappa shape index (κ1) is 24.5. The van der Waals surface area contributed by atoms with Crippen molar-refractivity contribution in [3.63, 3.8) is 0 Å². The van der Waals surface area contributed by atoms with E-state index < -0.39 is 5.60 Å². The van der Waals surface area contributed by atoms with E-state index in [-0.39, 0.29) is 18.2 Å². The fraction of sp³-hybridized carbons (Fsp3) is 0.682. The van der Waals surface area contributed by atoms with E-state index in [1.54, 1.807) is 11.0 Å². The van der Waals surface area contributed by atoms with Crippen molar-refractivity contribution in [3.05, 3.63) is 36.5 Å². The lowest BCUT2D eigenvalue weighted by Gasteiger charge is -2.34. The van der Waals surface area contributed by atoms with Crippen molar-refractivity contribution in [1.82, 2.24) is 4.90 Å². The van der Waals surface area contributed by atoms with E-state index in [4.69, 9.17) is 9.47 Å². The zero-order valence-electron chi connectivity index (χ0n) is 18.0. The topological polar surface area (TPSA) is 38.8 Å². The minimum atomic E-state index is -0.539. The molecule has 0 radical (unpaired) electrons. The van der Waals surface area contributed by atoms with Crippen LogP contribution < -0.4 is 0 Å². The van der Waals surface area contributed by atoms with Crippen molar-refractivity contribution in [2.75, 3.05) is 13.2 Å². The van der Waals surface area contributed by atoms with Crippen LogP contribution in [0.5, 0.6) is 0 Å². The highest BCUT2D eigenvalue weighted by Gasteiger charge is 2.29. The zero-order chi connectivity index (χ0) is 20.3. The van der Waals surface area contributed by atoms with Gasteiger partial charge >= 0.3 is 6.09 Å². The van der Waals surface area contributed by atoms with Crippen LogP contribution in [0, 0.1) is 5.92 Å². The van der Waals surface area contributed by atoms with Crippen molar-refractivity contribution in [3.8, 4) is 0 Å².